The third kappa shape index (κ3) is 3.29. The van der Waals surface area contributed by atoms with Crippen molar-refractivity contribution in [3.63, 3.8) is 0 Å². The molecule has 12 atom stereocenters. The minimum Gasteiger partial charge on any atom is -0.508 e. The van der Waals surface area contributed by atoms with E-state index < -0.39 is 89.3 Å². The highest BCUT2D eigenvalue weighted by atomic mass is 32.2. The summed E-state index contributed by atoms with van der Waals surface area (Å²) in [7, 11) is 0. The molecule has 4 saturated heterocycles. The molecular formula is C23H28O14S. The molecule has 3 saturated carbocycles. The number of ether oxygens (including phenoxy) is 5. The highest BCUT2D eigenvalue weighted by Gasteiger charge is 2.95. The van der Waals surface area contributed by atoms with Gasteiger partial charge in [0.25, 0.3) is 0 Å². The third-order valence-corrected chi connectivity index (χ3v) is 9.28. The van der Waals surface area contributed by atoms with Crippen molar-refractivity contribution < 1.29 is 67.0 Å². The van der Waals surface area contributed by atoms with Crippen LogP contribution in [0.15, 0.2) is 24.3 Å². The predicted molar refractivity (Wildman–Crippen MR) is 120 cm³/mol. The Kier molecular flexibility index (Phi) is 6.00. The first kappa shape index (κ1) is 26.5. The lowest BCUT2D eigenvalue weighted by molar-refractivity contribution is -0.419. The predicted octanol–water partition coefficient (Wildman–Crippen LogP) is -1.49. The molecule has 0 radical (unpaired) electrons. The second-order valence-corrected chi connectivity index (χ2v) is 11.3. The first-order chi connectivity index (χ1) is 17.9. The fourth-order valence-electron chi connectivity index (χ4n) is 7.09. The summed E-state index contributed by atoms with van der Waals surface area (Å²) in [4.78, 5) is 12.9. The van der Waals surface area contributed by atoms with Crippen molar-refractivity contribution in [3.8, 4) is 5.75 Å². The molecule has 15 heteroatoms. The Bertz CT molecular complexity index is 1150. The monoisotopic (exact) mass is 560 g/mol. The van der Waals surface area contributed by atoms with E-state index in [1.54, 1.807) is 6.92 Å². The fraction of sp³-hybridized carbons (Fsp3) is 0.696. The van der Waals surface area contributed by atoms with Crippen molar-refractivity contribution in [1.82, 2.24) is 0 Å². The van der Waals surface area contributed by atoms with E-state index in [-0.39, 0.29) is 30.8 Å². The van der Waals surface area contributed by atoms with Crippen molar-refractivity contribution in [1.29, 1.82) is 0 Å². The maximum atomic E-state index is 12.9. The topological polar surface area (TPSA) is 211 Å². The summed E-state index contributed by atoms with van der Waals surface area (Å²) in [6.45, 7) is 0.677. The van der Waals surface area contributed by atoms with Gasteiger partial charge >= 0.3 is 17.3 Å². The van der Waals surface area contributed by atoms with Gasteiger partial charge in [-0.3, -0.25) is 4.55 Å². The van der Waals surface area contributed by atoms with E-state index >= 15 is 0 Å². The van der Waals surface area contributed by atoms with Crippen LogP contribution in [0.5, 0.6) is 5.75 Å². The van der Waals surface area contributed by atoms with E-state index in [9.17, 15) is 39.1 Å². The molecule has 0 aromatic heterocycles. The minimum absolute atomic E-state index is 0.0363. The maximum absolute atomic E-state index is 12.9. The lowest BCUT2D eigenvalue weighted by Gasteiger charge is -2.68. The number of phenolic OH excluding ortho intramolecular Hbond substituents is 1. The highest BCUT2D eigenvalue weighted by Crippen LogP contribution is 2.82. The summed E-state index contributed by atoms with van der Waals surface area (Å²) < 4.78 is 56.4. The average Bonchev–Trinajstić information content (AvgIpc) is 3.05. The number of hydrogen-bond acceptors (Lipinski definition) is 13. The van der Waals surface area contributed by atoms with Crippen molar-refractivity contribution in [2.24, 2.45) is 11.3 Å². The molecule has 6 N–H and O–H groups in total. The summed E-state index contributed by atoms with van der Waals surface area (Å²) in [6, 6.07) is 5.41. The van der Waals surface area contributed by atoms with Gasteiger partial charge in [0.15, 0.2) is 18.4 Å². The Hall–Kier alpha value is -1.76. The lowest BCUT2D eigenvalue weighted by atomic mass is 9.41. The Morgan fingerprint density at radius 3 is 2.50 bits per heavy atom. The van der Waals surface area contributed by atoms with Crippen LogP contribution in [0, 0.1) is 11.3 Å². The number of carbonyl (C=O) groups is 1. The van der Waals surface area contributed by atoms with Crippen LogP contribution in [0.1, 0.15) is 30.1 Å². The van der Waals surface area contributed by atoms with E-state index in [1.807, 2.05) is 0 Å². The quantitative estimate of drug-likeness (QED) is 0.158. The fourth-order valence-corrected chi connectivity index (χ4v) is 7.55. The average molecular weight is 561 g/mol. The number of esters is 1. The SMILES string of the molecule is C[C@@]12C[C@@]3(OS(=O)O)O[C@@H](O1)[C@]1(COC(=O)c4ccc(O)cc4)[C@H]3C[C@]12O[C@@H]1O[C@H](CO)[C@@H](O)[C@H](O)[C@H]1O. The van der Waals surface area contributed by atoms with Crippen molar-refractivity contribution >= 4 is 17.3 Å². The van der Waals surface area contributed by atoms with Crippen molar-refractivity contribution in [2.75, 3.05) is 13.2 Å². The van der Waals surface area contributed by atoms with Crippen LogP contribution >= 0.6 is 0 Å². The Balaban J connectivity index is 1.34. The number of rotatable bonds is 8. The van der Waals surface area contributed by atoms with E-state index in [1.165, 1.54) is 24.3 Å². The molecule has 4 aliphatic heterocycles. The zero-order valence-electron chi connectivity index (χ0n) is 20.0. The maximum Gasteiger partial charge on any atom is 0.338 e. The first-order valence-electron chi connectivity index (χ1n) is 12.0. The van der Waals surface area contributed by atoms with Crippen LogP contribution in [0.3, 0.4) is 0 Å². The molecule has 14 nitrogen and oxygen atoms in total. The van der Waals surface area contributed by atoms with Gasteiger partial charge in [0.1, 0.15) is 48.0 Å². The van der Waals surface area contributed by atoms with Crippen LogP contribution in [-0.4, -0.2) is 107 Å². The molecule has 210 valence electrons. The molecule has 38 heavy (non-hydrogen) atoms. The molecule has 3 aliphatic carbocycles. The number of aliphatic hydroxyl groups is 4. The van der Waals surface area contributed by atoms with Gasteiger partial charge in [0.05, 0.1) is 17.6 Å². The Morgan fingerprint density at radius 2 is 1.84 bits per heavy atom. The van der Waals surface area contributed by atoms with Gasteiger partial charge in [-0.1, -0.05) is 0 Å². The van der Waals surface area contributed by atoms with E-state index in [0.29, 0.717) is 0 Å². The molecule has 1 aromatic carbocycles. The van der Waals surface area contributed by atoms with Gasteiger partial charge in [-0.2, -0.15) is 4.21 Å². The Morgan fingerprint density at radius 1 is 1.13 bits per heavy atom. The van der Waals surface area contributed by atoms with Gasteiger partial charge in [-0.25, -0.2) is 8.98 Å². The molecule has 0 spiro atoms. The van der Waals surface area contributed by atoms with Crippen LogP contribution < -0.4 is 0 Å². The number of hydrogen-bond donors (Lipinski definition) is 6. The molecule has 0 amide bonds. The van der Waals surface area contributed by atoms with Gasteiger partial charge in [0.2, 0.25) is 0 Å². The number of phenols is 1. The number of aliphatic hydroxyl groups excluding tert-OH is 4. The third-order valence-electron chi connectivity index (χ3n) is 8.85. The number of benzene rings is 1. The summed E-state index contributed by atoms with van der Waals surface area (Å²) in [5, 5.41) is 50.2. The molecule has 4 heterocycles. The van der Waals surface area contributed by atoms with Gasteiger partial charge in [-0.05, 0) is 37.6 Å². The van der Waals surface area contributed by atoms with Gasteiger partial charge < -0.3 is 49.2 Å². The zero-order valence-corrected chi connectivity index (χ0v) is 20.9. The van der Waals surface area contributed by atoms with Crippen LogP contribution in [-0.2, 0) is 39.2 Å². The van der Waals surface area contributed by atoms with E-state index in [2.05, 4.69) is 0 Å². The largest absolute Gasteiger partial charge is 0.508 e. The van der Waals surface area contributed by atoms with E-state index in [0.717, 1.165) is 0 Å². The molecule has 6 bridgehead atoms. The summed E-state index contributed by atoms with van der Waals surface area (Å²) in [6.07, 6.45) is -8.73. The number of carbonyl (C=O) groups excluding carboxylic acids is 1. The van der Waals surface area contributed by atoms with Crippen LogP contribution in [0.4, 0.5) is 0 Å². The summed E-state index contributed by atoms with van der Waals surface area (Å²) in [5.41, 5.74) is -3.71. The lowest BCUT2D eigenvalue weighted by Crippen LogP contribution is -2.81. The minimum atomic E-state index is -2.69. The first-order valence-corrected chi connectivity index (χ1v) is 13.1. The molecule has 1 aromatic rings. The van der Waals surface area contributed by atoms with Gasteiger partial charge in [-0.15, -0.1) is 0 Å². The van der Waals surface area contributed by atoms with E-state index in [4.69, 9.17) is 27.9 Å². The smallest absolute Gasteiger partial charge is 0.338 e. The molecule has 8 rings (SSSR count). The van der Waals surface area contributed by atoms with Crippen molar-refractivity contribution in [3.05, 3.63) is 29.8 Å². The van der Waals surface area contributed by atoms with Gasteiger partial charge in [0, 0.05) is 12.3 Å². The zero-order chi connectivity index (χ0) is 27.3. The molecule has 7 aliphatic rings. The summed E-state index contributed by atoms with van der Waals surface area (Å²) >= 11 is -2.69. The normalized spacial score (nSPS) is 49.1. The highest BCUT2D eigenvalue weighted by molar-refractivity contribution is 7.74. The number of aromatic hydroxyl groups is 1. The molecular weight excluding hydrogens is 532 g/mol. The van der Waals surface area contributed by atoms with Crippen LogP contribution in [0.2, 0.25) is 0 Å². The Labute approximate surface area is 218 Å². The molecule has 1 unspecified atom stereocenters. The summed E-state index contributed by atoms with van der Waals surface area (Å²) in [5.74, 6) is -2.93. The molecule has 7 fully saturated rings. The second kappa shape index (κ2) is 8.62. The standard InChI is InChI=1S/C23H28O14S/c1-20-8-22(37-38(30)31)13-6-23(20,34-18-16(28)15(27)14(26)12(7-24)33-18)21(13,19(35-20)36-22)9-32-17(29)10-2-4-11(25)5-3-10/h2-5,12-16,18-19,24-28H,6-9H2,1H3,(H,30,31)/t12-,13-,14-,15+,16-,18+,19-,20+,21+,22+,23-/m1/s1. The van der Waals surface area contributed by atoms with Crippen LogP contribution in [0.25, 0.3) is 0 Å². The second-order valence-electron chi connectivity index (χ2n) is 10.6. The van der Waals surface area contributed by atoms with Crippen molar-refractivity contribution in [2.45, 2.75) is 73.8 Å².